The molecule has 0 radical (unpaired) electrons. The number of nitrogens with zero attached hydrogens (tertiary/aromatic N) is 2. The topological polar surface area (TPSA) is 63.7 Å². The van der Waals surface area contributed by atoms with Crippen LogP contribution in [0.4, 0.5) is 4.79 Å². The van der Waals surface area contributed by atoms with E-state index in [1.54, 1.807) is 18.2 Å². The molecule has 0 bridgehead atoms. The predicted octanol–water partition coefficient (Wildman–Crippen LogP) is 1.97. The van der Waals surface area contributed by atoms with Gasteiger partial charge in [-0.05, 0) is 32.4 Å². The molecule has 1 atom stereocenters. The summed E-state index contributed by atoms with van der Waals surface area (Å²) in [5.74, 6) is 0.573. The van der Waals surface area contributed by atoms with Gasteiger partial charge in [0.05, 0.1) is 13.2 Å². The summed E-state index contributed by atoms with van der Waals surface area (Å²) in [5, 5.41) is 3.40. The first kappa shape index (κ1) is 15.6. The van der Waals surface area contributed by atoms with Crippen LogP contribution in [0, 0.1) is 0 Å². The molecule has 116 valence electrons. The monoisotopic (exact) mass is 293 g/mol. The van der Waals surface area contributed by atoms with Gasteiger partial charge in [0.25, 0.3) is 0 Å². The van der Waals surface area contributed by atoms with Crippen LogP contribution in [0.2, 0.25) is 0 Å². The van der Waals surface area contributed by atoms with Crippen LogP contribution in [0.15, 0.2) is 18.3 Å². The predicted molar refractivity (Wildman–Crippen MR) is 79.3 cm³/mol. The maximum Gasteiger partial charge on any atom is 0.410 e. The molecular weight excluding hydrogens is 270 g/mol. The quantitative estimate of drug-likeness (QED) is 0.903. The second-order valence-electron chi connectivity index (χ2n) is 6.06. The largest absolute Gasteiger partial charge is 0.481 e. The molecule has 21 heavy (non-hydrogen) atoms. The molecule has 1 aliphatic rings. The Labute approximate surface area is 125 Å². The number of hydrogen-bond donors (Lipinski definition) is 1. The third-order valence-corrected chi connectivity index (χ3v) is 3.20. The lowest BCUT2D eigenvalue weighted by Gasteiger charge is -2.35. The van der Waals surface area contributed by atoms with Crippen molar-refractivity contribution < 1.29 is 14.3 Å². The maximum atomic E-state index is 12.2. The standard InChI is InChI=1S/C15H23N3O3/c1-15(2,3)21-14(19)18-8-7-16-12(10-18)11-5-6-17-13(9-11)20-4/h5-6,9,12,16H,7-8,10H2,1-4H3. The van der Waals surface area contributed by atoms with Gasteiger partial charge in [-0.25, -0.2) is 9.78 Å². The number of aromatic nitrogens is 1. The minimum Gasteiger partial charge on any atom is -0.481 e. The Hall–Kier alpha value is -1.82. The van der Waals surface area contributed by atoms with Crippen LogP contribution in [0.1, 0.15) is 32.4 Å². The Balaban J connectivity index is 2.04. The maximum absolute atomic E-state index is 12.2. The molecule has 2 rings (SSSR count). The van der Waals surface area contributed by atoms with Crippen LogP contribution in [0.5, 0.6) is 5.88 Å². The van der Waals surface area contributed by atoms with Gasteiger partial charge in [-0.3, -0.25) is 0 Å². The number of methoxy groups -OCH3 is 1. The fourth-order valence-electron chi connectivity index (χ4n) is 2.22. The number of carbonyl (C=O) groups excluding carboxylic acids is 1. The molecule has 0 saturated carbocycles. The van der Waals surface area contributed by atoms with Crippen molar-refractivity contribution in [3.8, 4) is 5.88 Å². The number of nitrogens with one attached hydrogen (secondary N) is 1. The minimum atomic E-state index is -0.475. The molecule has 1 saturated heterocycles. The van der Waals surface area contributed by atoms with Crippen molar-refractivity contribution in [2.24, 2.45) is 0 Å². The van der Waals surface area contributed by atoms with Crippen LogP contribution in [0.25, 0.3) is 0 Å². The number of carbonyl (C=O) groups is 1. The zero-order chi connectivity index (χ0) is 15.5. The summed E-state index contributed by atoms with van der Waals surface area (Å²) in [4.78, 5) is 18.0. The Morgan fingerprint density at radius 2 is 2.24 bits per heavy atom. The smallest absolute Gasteiger partial charge is 0.410 e. The van der Waals surface area contributed by atoms with Gasteiger partial charge in [0.2, 0.25) is 5.88 Å². The van der Waals surface area contributed by atoms with Gasteiger partial charge in [-0.15, -0.1) is 0 Å². The van der Waals surface area contributed by atoms with E-state index in [2.05, 4.69) is 10.3 Å². The molecular formula is C15H23N3O3. The molecule has 6 nitrogen and oxygen atoms in total. The van der Waals surface area contributed by atoms with Crippen molar-refractivity contribution in [2.75, 3.05) is 26.7 Å². The van der Waals surface area contributed by atoms with Crippen molar-refractivity contribution in [3.05, 3.63) is 23.9 Å². The van der Waals surface area contributed by atoms with Crippen LogP contribution < -0.4 is 10.1 Å². The third-order valence-electron chi connectivity index (χ3n) is 3.20. The molecule has 1 aromatic heterocycles. The van der Waals surface area contributed by atoms with Crippen molar-refractivity contribution in [1.29, 1.82) is 0 Å². The van der Waals surface area contributed by atoms with Gasteiger partial charge in [0, 0.05) is 31.9 Å². The molecule has 1 aromatic rings. The molecule has 1 N–H and O–H groups in total. The number of amides is 1. The van der Waals surface area contributed by atoms with Crippen molar-refractivity contribution in [2.45, 2.75) is 32.4 Å². The van der Waals surface area contributed by atoms with E-state index in [1.165, 1.54) is 0 Å². The van der Waals surface area contributed by atoms with E-state index < -0.39 is 5.60 Å². The first-order valence-electron chi connectivity index (χ1n) is 7.10. The SMILES string of the molecule is COc1cc(C2CN(C(=O)OC(C)(C)C)CCN2)ccn1. The summed E-state index contributed by atoms with van der Waals surface area (Å²) in [5.41, 5.74) is 0.576. The lowest BCUT2D eigenvalue weighted by atomic mass is 10.1. The highest BCUT2D eigenvalue weighted by molar-refractivity contribution is 5.68. The first-order valence-corrected chi connectivity index (χ1v) is 7.10. The Kier molecular flexibility index (Phi) is 4.67. The summed E-state index contributed by atoms with van der Waals surface area (Å²) < 4.78 is 10.6. The van der Waals surface area contributed by atoms with Gasteiger partial charge >= 0.3 is 6.09 Å². The zero-order valence-corrected chi connectivity index (χ0v) is 13.0. The van der Waals surface area contributed by atoms with Crippen LogP contribution in [0.3, 0.4) is 0 Å². The highest BCUT2D eigenvalue weighted by Gasteiger charge is 2.28. The molecule has 1 unspecified atom stereocenters. The lowest BCUT2D eigenvalue weighted by Crippen LogP contribution is -2.49. The average molecular weight is 293 g/mol. The second kappa shape index (κ2) is 6.30. The summed E-state index contributed by atoms with van der Waals surface area (Å²) in [6.45, 7) is 7.57. The van der Waals surface area contributed by atoms with E-state index in [4.69, 9.17) is 9.47 Å². The molecule has 0 aromatic carbocycles. The Morgan fingerprint density at radius 3 is 2.90 bits per heavy atom. The molecule has 1 fully saturated rings. The molecule has 2 heterocycles. The summed E-state index contributed by atoms with van der Waals surface area (Å²) in [7, 11) is 1.59. The summed E-state index contributed by atoms with van der Waals surface area (Å²) in [6.07, 6.45) is 1.44. The van der Waals surface area contributed by atoms with E-state index in [1.807, 2.05) is 32.9 Å². The van der Waals surface area contributed by atoms with E-state index in [9.17, 15) is 4.79 Å². The minimum absolute atomic E-state index is 0.0585. The second-order valence-corrected chi connectivity index (χ2v) is 6.06. The Bertz CT molecular complexity index is 499. The third kappa shape index (κ3) is 4.32. The normalized spacial score (nSPS) is 19.2. The highest BCUT2D eigenvalue weighted by Crippen LogP contribution is 2.21. The average Bonchev–Trinajstić information content (AvgIpc) is 2.46. The Morgan fingerprint density at radius 1 is 1.48 bits per heavy atom. The molecule has 0 aliphatic carbocycles. The van der Waals surface area contributed by atoms with E-state index in [0.29, 0.717) is 19.0 Å². The van der Waals surface area contributed by atoms with Gasteiger partial charge in [-0.2, -0.15) is 0 Å². The molecule has 1 amide bonds. The summed E-state index contributed by atoms with van der Waals surface area (Å²) >= 11 is 0. The van der Waals surface area contributed by atoms with Gasteiger partial charge in [0.15, 0.2) is 0 Å². The van der Waals surface area contributed by atoms with Crippen molar-refractivity contribution in [1.82, 2.24) is 15.2 Å². The van der Waals surface area contributed by atoms with Crippen molar-refractivity contribution in [3.63, 3.8) is 0 Å². The fourth-order valence-corrected chi connectivity index (χ4v) is 2.22. The van der Waals surface area contributed by atoms with Crippen LogP contribution >= 0.6 is 0 Å². The molecule has 1 aliphatic heterocycles. The highest BCUT2D eigenvalue weighted by atomic mass is 16.6. The van der Waals surface area contributed by atoms with E-state index in [0.717, 1.165) is 12.1 Å². The molecule has 6 heteroatoms. The number of piperazine rings is 1. The lowest BCUT2D eigenvalue weighted by molar-refractivity contribution is 0.0195. The van der Waals surface area contributed by atoms with Gasteiger partial charge in [0.1, 0.15) is 5.60 Å². The van der Waals surface area contributed by atoms with E-state index in [-0.39, 0.29) is 12.1 Å². The zero-order valence-electron chi connectivity index (χ0n) is 13.0. The summed E-state index contributed by atoms with van der Waals surface area (Å²) in [6, 6.07) is 3.87. The fraction of sp³-hybridized carbons (Fsp3) is 0.600. The first-order chi connectivity index (χ1) is 9.89. The number of hydrogen-bond acceptors (Lipinski definition) is 5. The van der Waals surface area contributed by atoms with Gasteiger partial charge < -0.3 is 19.7 Å². The molecule has 0 spiro atoms. The van der Waals surface area contributed by atoms with Crippen molar-refractivity contribution >= 4 is 6.09 Å². The number of pyridine rings is 1. The van der Waals surface area contributed by atoms with Crippen LogP contribution in [-0.4, -0.2) is 48.3 Å². The number of ether oxygens (including phenoxy) is 2. The number of rotatable bonds is 2. The van der Waals surface area contributed by atoms with Crippen LogP contribution in [-0.2, 0) is 4.74 Å². The van der Waals surface area contributed by atoms with E-state index >= 15 is 0 Å². The van der Waals surface area contributed by atoms with Gasteiger partial charge in [-0.1, -0.05) is 0 Å².